The molecule has 0 aromatic heterocycles. The van der Waals surface area contributed by atoms with Crippen molar-refractivity contribution in [2.24, 2.45) is 0 Å². The lowest BCUT2D eigenvalue weighted by atomic mass is 10.3. The number of ether oxygens (including phenoxy) is 2. The molecule has 0 atom stereocenters. The molecule has 1 aromatic carbocycles. The Bertz CT molecular complexity index is 582. The Hall–Kier alpha value is -2.57. The summed E-state index contributed by atoms with van der Waals surface area (Å²) in [5.74, 6) is -0.302. The third-order valence-corrected chi connectivity index (χ3v) is 3.24. The maximum absolute atomic E-state index is 12.0. The first kappa shape index (κ1) is 15.8. The van der Waals surface area contributed by atoms with Gasteiger partial charge in [-0.15, -0.1) is 0 Å². The van der Waals surface area contributed by atoms with Gasteiger partial charge in [0.2, 0.25) is 0 Å². The van der Waals surface area contributed by atoms with Crippen LogP contribution in [0.15, 0.2) is 24.3 Å². The lowest BCUT2D eigenvalue weighted by Crippen LogP contribution is -2.39. The summed E-state index contributed by atoms with van der Waals surface area (Å²) in [5.41, 5.74) is 0. The van der Waals surface area contributed by atoms with Gasteiger partial charge < -0.3 is 9.47 Å². The molecule has 1 aliphatic heterocycles. The number of urea groups is 1. The van der Waals surface area contributed by atoms with E-state index in [0.717, 1.165) is 9.80 Å². The molecule has 0 spiro atoms. The van der Waals surface area contributed by atoms with Crippen molar-refractivity contribution < 1.29 is 23.9 Å². The Morgan fingerprint density at radius 3 is 2.09 bits per heavy atom. The number of benzene rings is 1. The summed E-state index contributed by atoms with van der Waals surface area (Å²) in [6, 6.07) is 5.98. The van der Waals surface area contributed by atoms with Gasteiger partial charge in [0.15, 0.2) is 0 Å². The van der Waals surface area contributed by atoms with E-state index < -0.39 is 17.8 Å². The predicted octanol–water partition coefficient (Wildman–Crippen LogP) is 1.27. The minimum Gasteiger partial charge on any atom is -0.497 e. The van der Waals surface area contributed by atoms with Crippen LogP contribution in [-0.4, -0.2) is 53.9 Å². The number of nitrogens with zero attached hydrogens (tertiary/aromatic N) is 2. The average Bonchev–Trinajstić information content (AvgIpc) is 2.71. The van der Waals surface area contributed by atoms with Crippen LogP contribution in [0.25, 0.3) is 0 Å². The molecule has 2 rings (SSSR count). The third kappa shape index (κ3) is 3.03. The van der Waals surface area contributed by atoms with Crippen molar-refractivity contribution in [3.63, 3.8) is 0 Å². The van der Waals surface area contributed by atoms with Crippen LogP contribution in [0.1, 0.15) is 13.8 Å². The number of imide groups is 2. The first-order chi connectivity index (χ1) is 10.5. The highest BCUT2D eigenvalue weighted by molar-refractivity contribution is 6.44. The second kappa shape index (κ2) is 6.46. The lowest BCUT2D eigenvalue weighted by Gasteiger charge is -2.18. The fourth-order valence-corrected chi connectivity index (χ4v) is 2.10. The zero-order chi connectivity index (χ0) is 16.3. The first-order valence-corrected chi connectivity index (χ1v) is 6.91. The van der Waals surface area contributed by atoms with Crippen molar-refractivity contribution in [3.05, 3.63) is 24.3 Å². The summed E-state index contributed by atoms with van der Waals surface area (Å²) in [5, 5.41) is 0. The van der Waals surface area contributed by atoms with E-state index in [1.54, 1.807) is 45.2 Å². The molecule has 0 saturated carbocycles. The molecule has 1 heterocycles. The summed E-state index contributed by atoms with van der Waals surface area (Å²) < 4.78 is 10.5. The Morgan fingerprint density at radius 2 is 1.59 bits per heavy atom. The normalized spacial score (nSPS) is 15.0. The number of carbonyl (C=O) groups excluding carboxylic acids is 3. The van der Waals surface area contributed by atoms with Gasteiger partial charge in [0, 0.05) is 6.04 Å². The van der Waals surface area contributed by atoms with Gasteiger partial charge in [0.05, 0.1) is 13.7 Å². The molecule has 7 heteroatoms. The second-order valence-corrected chi connectivity index (χ2v) is 5.03. The molecule has 118 valence electrons. The van der Waals surface area contributed by atoms with Crippen LogP contribution in [-0.2, 0) is 9.59 Å². The van der Waals surface area contributed by atoms with Gasteiger partial charge >= 0.3 is 17.8 Å². The largest absolute Gasteiger partial charge is 0.497 e. The number of hydrogen-bond donors (Lipinski definition) is 0. The number of carbonyl (C=O) groups is 3. The van der Waals surface area contributed by atoms with Gasteiger partial charge in [0.25, 0.3) is 0 Å². The van der Waals surface area contributed by atoms with Gasteiger partial charge in [0.1, 0.15) is 18.1 Å². The number of methoxy groups -OCH3 is 1. The molecular weight excluding hydrogens is 288 g/mol. The monoisotopic (exact) mass is 306 g/mol. The lowest BCUT2D eigenvalue weighted by molar-refractivity contribution is -0.143. The van der Waals surface area contributed by atoms with Crippen LogP contribution in [0.4, 0.5) is 4.79 Å². The van der Waals surface area contributed by atoms with Gasteiger partial charge in [-0.3, -0.25) is 19.4 Å². The highest BCUT2D eigenvalue weighted by atomic mass is 16.5. The Labute approximate surface area is 128 Å². The molecule has 0 unspecified atom stereocenters. The first-order valence-electron chi connectivity index (χ1n) is 6.91. The van der Waals surface area contributed by atoms with Gasteiger partial charge in [-0.05, 0) is 38.1 Å². The summed E-state index contributed by atoms with van der Waals surface area (Å²) in [6.07, 6.45) is 0. The van der Waals surface area contributed by atoms with Crippen LogP contribution in [0.3, 0.4) is 0 Å². The van der Waals surface area contributed by atoms with E-state index in [1.807, 2.05) is 0 Å². The number of hydrogen-bond acceptors (Lipinski definition) is 5. The molecule has 22 heavy (non-hydrogen) atoms. The molecule has 0 aliphatic carbocycles. The standard InChI is InChI=1S/C15H18N2O5/c1-10(2)17-14(19)13(18)16(15(17)20)8-9-22-12-6-4-11(21-3)5-7-12/h4-7,10H,8-9H2,1-3H3. The Kier molecular flexibility index (Phi) is 4.65. The molecule has 0 bridgehead atoms. The van der Waals surface area contributed by atoms with E-state index in [0.29, 0.717) is 11.5 Å². The Balaban J connectivity index is 1.92. The molecule has 1 saturated heterocycles. The molecule has 4 amide bonds. The fraction of sp³-hybridized carbons (Fsp3) is 0.400. The smallest absolute Gasteiger partial charge is 0.334 e. The van der Waals surface area contributed by atoms with Gasteiger partial charge in [-0.25, -0.2) is 4.79 Å². The van der Waals surface area contributed by atoms with Gasteiger partial charge in [-0.2, -0.15) is 0 Å². The van der Waals surface area contributed by atoms with E-state index in [4.69, 9.17) is 9.47 Å². The van der Waals surface area contributed by atoms with Crippen LogP contribution in [0.2, 0.25) is 0 Å². The van der Waals surface area contributed by atoms with E-state index >= 15 is 0 Å². The number of amides is 4. The molecule has 0 N–H and O–H groups in total. The zero-order valence-corrected chi connectivity index (χ0v) is 12.7. The highest BCUT2D eigenvalue weighted by Crippen LogP contribution is 2.18. The molecular formula is C15H18N2O5. The van der Waals surface area contributed by atoms with Crippen molar-refractivity contribution in [1.29, 1.82) is 0 Å². The molecule has 0 radical (unpaired) electrons. The topological polar surface area (TPSA) is 76.2 Å². The van der Waals surface area contributed by atoms with E-state index in [1.165, 1.54) is 0 Å². The Morgan fingerprint density at radius 1 is 1.00 bits per heavy atom. The summed E-state index contributed by atoms with van der Waals surface area (Å²) in [4.78, 5) is 37.4. The minimum atomic E-state index is -0.808. The van der Waals surface area contributed by atoms with Crippen LogP contribution in [0, 0.1) is 0 Å². The zero-order valence-electron chi connectivity index (χ0n) is 12.7. The number of rotatable bonds is 6. The SMILES string of the molecule is COc1ccc(OCCN2C(=O)C(=O)N(C(C)C)C2=O)cc1. The van der Waals surface area contributed by atoms with E-state index in [2.05, 4.69) is 0 Å². The third-order valence-electron chi connectivity index (χ3n) is 3.24. The van der Waals surface area contributed by atoms with Gasteiger partial charge in [-0.1, -0.05) is 0 Å². The summed E-state index contributed by atoms with van der Waals surface area (Å²) in [7, 11) is 1.57. The molecule has 1 fully saturated rings. The summed E-state index contributed by atoms with van der Waals surface area (Å²) >= 11 is 0. The maximum atomic E-state index is 12.0. The quantitative estimate of drug-likeness (QED) is 0.584. The van der Waals surface area contributed by atoms with Crippen molar-refractivity contribution in [1.82, 2.24) is 9.80 Å². The predicted molar refractivity (Wildman–Crippen MR) is 77.6 cm³/mol. The molecule has 1 aromatic rings. The average molecular weight is 306 g/mol. The fourth-order valence-electron chi connectivity index (χ4n) is 2.10. The molecule has 1 aliphatic rings. The highest BCUT2D eigenvalue weighted by Gasteiger charge is 2.45. The van der Waals surface area contributed by atoms with Crippen LogP contribution in [0.5, 0.6) is 11.5 Å². The second-order valence-electron chi connectivity index (χ2n) is 5.03. The van der Waals surface area contributed by atoms with Crippen molar-refractivity contribution >= 4 is 17.8 Å². The van der Waals surface area contributed by atoms with Crippen LogP contribution >= 0.6 is 0 Å². The molecule has 7 nitrogen and oxygen atoms in total. The van der Waals surface area contributed by atoms with Crippen LogP contribution < -0.4 is 9.47 Å². The van der Waals surface area contributed by atoms with Crippen molar-refractivity contribution in [2.45, 2.75) is 19.9 Å². The summed E-state index contributed by atoms with van der Waals surface area (Å²) in [6.45, 7) is 3.50. The van der Waals surface area contributed by atoms with E-state index in [9.17, 15) is 14.4 Å². The maximum Gasteiger partial charge on any atom is 0.334 e. The van der Waals surface area contributed by atoms with E-state index in [-0.39, 0.29) is 19.2 Å². The van der Waals surface area contributed by atoms with Crippen molar-refractivity contribution in [2.75, 3.05) is 20.3 Å². The minimum absolute atomic E-state index is 0.0264. The van der Waals surface area contributed by atoms with Crippen molar-refractivity contribution in [3.8, 4) is 11.5 Å².